The van der Waals surface area contributed by atoms with E-state index in [0.29, 0.717) is 0 Å². The smallest absolute Gasteiger partial charge is 0.214 e. The number of amides is 1. The van der Waals surface area contributed by atoms with E-state index in [1.165, 1.54) is 59.0 Å². The van der Waals surface area contributed by atoms with Crippen LogP contribution in [0.4, 0.5) is 0 Å². The zero-order valence-electron chi connectivity index (χ0n) is 20.0. The standard InChI is InChI=1S/C24H27NO4.C2H5NO/c1-26-21-9-16-15-8-14-6-5-7-25(14)13-20(15)19-12-24(29-4)23(28-3)11-18(19)17(16)10-22(21)27-2;1-2(3)4/h9-12,14H,5-8,13H2,1-4H3;1H3,(H2,3,4)/p+1. The van der Waals surface area contributed by atoms with E-state index >= 15 is 0 Å². The Kier molecular flexibility index (Phi) is 6.51. The Morgan fingerprint density at radius 2 is 1.24 bits per heavy atom. The molecule has 2 unspecified atom stereocenters. The molecule has 1 saturated heterocycles. The first-order valence-electron chi connectivity index (χ1n) is 11.3. The first-order chi connectivity index (χ1) is 15.9. The number of hydrogen-bond acceptors (Lipinski definition) is 5. The summed E-state index contributed by atoms with van der Waals surface area (Å²) < 4.78 is 22.5. The molecule has 7 heteroatoms. The van der Waals surface area contributed by atoms with E-state index in [1.807, 2.05) is 0 Å². The number of nitrogens with two attached hydrogens (primary N) is 1. The summed E-state index contributed by atoms with van der Waals surface area (Å²) in [6, 6.07) is 9.24. The van der Waals surface area contributed by atoms with Gasteiger partial charge in [0.15, 0.2) is 23.0 Å². The van der Waals surface area contributed by atoms with Crippen LogP contribution in [0, 0.1) is 0 Å². The highest BCUT2D eigenvalue weighted by Crippen LogP contribution is 2.44. The van der Waals surface area contributed by atoms with Gasteiger partial charge in [0.2, 0.25) is 5.91 Å². The van der Waals surface area contributed by atoms with E-state index in [-0.39, 0.29) is 5.91 Å². The zero-order chi connectivity index (χ0) is 23.7. The molecule has 7 nitrogen and oxygen atoms in total. The molecule has 0 radical (unpaired) electrons. The van der Waals surface area contributed by atoms with E-state index in [9.17, 15) is 4.79 Å². The number of carbonyl (C=O) groups excluding carboxylic acids is 1. The lowest BCUT2D eigenvalue weighted by Crippen LogP contribution is -3.13. The van der Waals surface area contributed by atoms with Crippen molar-refractivity contribution in [2.24, 2.45) is 5.73 Å². The van der Waals surface area contributed by atoms with Crippen LogP contribution < -0.4 is 29.6 Å². The van der Waals surface area contributed by atoms with Gasteiger partial charge in [-0.2, -0.15) is 0 Å². The molecule has 0 bridgehead atoms. The van der Waals surface area contributed by atoms with Crippen molar-refractivity contribution in [2.75, 3.05) is 35.0 Å². The highest BCUT2D eigenvalue weighted by atomic mass is 16.5. The Bertz CT molecular complexity index is 1120. The van der Waals surface area contributed by atoms with Gasteiger partial charge in [-0.3, -0.25) is 4.79 Å². The third kappa shape index (κ3) is 4.13. The van der Waals surface area contributed by atoms with Crippen LogP contribution in [-0.4, -0.2) is 46.9 Å². The molecular weight excluding hydrogens is 420 g/mol. The SMILES string of the molecule is CC(N)=O.COc1cc2c3c(c4cc(OC)c(OC)cc4c2cc1OC)C[NH+]1CCCC1C3. The van der Waals surface area contributed by atoms with Crippen molar-refractivity contribution in [1.82, 2.24) is 0 Å². The van der Waals surface area contributed by atoms with E-state index in [4.69, 9.17) is 18.9 Å². The summed E-state index contributed by atoms with van der Waals surface area (Å²) in [5.41, 5.74) is 7.37. The second-order valence-corrected chi connectivity index (χ2v) is 8.70. The van der Waals surface area contributed by atoms with Gasteiger partial charge in [0.1, 0.15) is 6.54 Å². The minimum absolute atomic E-state index is 0.333. The Hall–Kier alpha value is -3.19. The molecule has 2 heterocycles. The van der Waals surface area contributed by atoms with Gasteiger partial charge in [0.05, 0.1) is 41.0 Å². The topological polar surface area (TPSA) is 84.5 Å². The van der Waals surface area contributed by atoms with Gasteiger partial charge in [-0.05, 0) is 51.4 Å². The molecule has 3 aromatic rings. The van der Waals surface area contributed by atoms with E-state index in [0.717, 1.165) is 42.0 Å². The average Bonchev–Trinajstić information content (AvgIpc) is 3.28. The Morgan fingerprint density at radius 1 is 0.818 bits per heavy atom. The fraction of sp³-hybridized carbons (Fsp3) is 0.423. The molecule has 0 aromatic heterocycles. The van der Waals surface area contributed by atoms with Crippen molar-refractivity contribution >= 4 is 27.5 Å². The van der Waals surface area contributed by atoms with Crippen LogP contribution >= 0.6 is 0 Å². The molecule has 0 saturated carbocycles. The van der Waals surface area contributed by atoms with Crippen LogP contribution in [0.5, 0.6) is 23.0 Å². The first-order valence-corrected chi connectivity index (χ1v) is 11.3. The molecule has 2 aliphatic heterocycles. The van der Waals surface area contributed by atoms with Gasteiger partial charge in [-0.25, -0.2) is 0 Å². The fourth-order valence-corrected chi connectivity index (χ4v) is 5.40. The summed E-state index contributed by atoms with van der Waals surface area (Å²) in [5, 5.41) is 4.88. The fourth-order valence-electron chi connectivity index (χ4n) is 5.40. The van der Waals surface area contributed by atoms with Crippen molar-refractivity contribution in [1.29, 1.82) is 0 Å². The van der Waals surface area contributed by atoms with Gasteiger partial charge >= 0.3 is 0 Å². The summed E-state index contributed by atoms with van der Waals surface area (Å²) in [7, 11) is 6.78. The monoisotopic (exact) mass is 453 g/mol. The molecule has 0 aliphatic carbocycles. The molecule has 1 fully saturated rings. The van der Waals surface area contributed by atoms with E-state index in [2.05, 4.69) is 30.0 Å². The van der Waals surface area contributed by atoms with Crippen LogP contribution in [-0.2, 0) is 17.8 Å². The maximum atomic E-state index is 9.22. The predicted octanol–water partition coefficient (Wildman–Crippen LogP) is 2.62. The lowest BCUT2D eigenvalue weighted by molar-refractivity contribution is -0.927. The molecule has 2 aliphatic rings. The number of carbonyl (C=O) groups is 1. The number of nitrogens with one attached hydrogen (secondary N) is 1. The Morgan fingerprint density at radius 3 is 1.70 bits per heavy atom. The number of ether oxygens (including phenoxy) is 4. The summed E-state index contributed by atoms with van der Waals surface area (Å²) in [6.07, 6.45) is 3.74. The number of hydrogen-bond donors (Lipinski definition) is 2. The van der Waals surface area contributed by atoms with Crippen LogP contribution in [0.15, 0.2) is 24.3 Å². The molecule has 3 N–H and O–H groups in total. The van der Waals surface area contributed by atoms with Gasteiger partial charge in [-0.15, -0.1) is 0 Å². The zero-order valence-corrected chi connectivity index (χ0v) is 20.0. The summed E-state index contributed by atoms with van der Waals surface area (Å²) in [6.45, 7) is 3.64. The summed E-state index contributed by atoms with van der Waals surface area (Å²) in [5.74, 6) is 2.72. The molecular formula is C26H33N2O5+. The minimum atomic E-state index is -0.333. The van der Waals surface area contributed by atoms with Gasteiger partial charge in [0, 0.05) is 31.7 Å². The first kappa shape index (κ1) is 23.0. The van der Waals surface area contributed by atoms with Crippen LogP contribution in [0.3, 0.4) is 0 Å². The Balaban J connectivity index is 0.000000601. The van der Waals surface area contributed by atoms with Gasteiger partial charge in [0.25, 0.3) is 0 Å². The number of primary amides is 1. The summed E-state index contributed by atoms with van der Waals surface area (Å²) >= 11 is 0. The van der Waals surface area contributed by atoms with Crippen molar-refractivity contribution in [3.63, 3.8) is 0 Å². The lowest BCUT2D eigenvalue weighted by atomic mass is 9.85. The van der Waals surface area contributed by atoms with Crippen molar-refractivity contribution < 1.29 is 28.6 Å². The quantitative estimate of drug-likeness (QED) is 0.594. The predicted molar refractivity (Wildman–Crippen MR) is 129 cm³/mol. The molecule has 176 valence electrons. The van der Waals surface area contributed by atoms with Crippen LogP contribution in [0.25, 0.3) is 21.5 Å². The molecule has 2 atom stereocenters. The molecule has 33 heavy (non-hydrogen) atoms. The largest absolute Gasteiger partial charge is 0.493 e. The van der Waals surface area contributed by atoms with E-state index in [1.54, 1.807) is 33.3 Å². The minimum Gasteiger partial charge on any atom is -0.493 e. The normalized spacial score (nSPS) is 18.7. The third-order valence-corrected chi connectivity index (χ3v) is 6.83. The molecule has 5 rings (SSSR count). The lowest BCUT2D eigenvalue weighted by Gasteiger charge is -2.31. The Labute approximate surface area is 194 Å². The van der Waals surface area contributed by atoms with Crippen LogP contribution in [0.2, 0.25) is 0 Å². The van der Waals surface area contributed by atoms with E-state index < -0.39 is 0 Å². The number of benzene rings is 3. The third-order valence-electron chi connectivity index (χ3n) is 6.83. The van der Waals surface area contributed by atoms with Crippen LogP contribution in [0.1, 0.15) is 30.9 Å². The highest BCUT2D eigenvalue weighted by Gasteiger charge is 2.36. The number of methoxy groups -OCH3 is 4. The number of fused-ring (bicyclic) bond motifs is 7. The van der Waals surface area contributed by atoms with Crippen molar-refractivity contribution in [3.05, 3.63) is 35.4 Å². The van der Waals surface area contributed by atoms with Gasteiger partial charge in [-0.1, -0.05) is 0 Å². The second kappa shape index (κ2) is 9.35. The van der Waals surface area contributed by atoms with Crippen molar-refractivity contribution in [2.45, 2.75) is 38.8 Å². The molecule has 1 amide bonds. The number of rotatable bonds is 4. The number of quaternary nitrogens is 1. The molecule has 0 spiro atoms. The average molecular weight is 454 g/mol. The second-order valence-electron chi connectivity index (χ2n) is 8.70. The van der Waals surface area contributed by atoms with Crippen molar-refractivity contribution in [3.8, 4) is 23.0 Å². The highest BCUT2D eigenvalue weighted by molar-refractivity contribution is 6.12. The maximum Gasteiger partial charge on any atom is 0.214 e. The maximum absolute atomic E-state index is 9.22. The molecule has 3 aromatic carbocycles. The summed E-state index contributed by atoms with van der Waals surface area (Å²) in [4.78, 5) is 10.9. The van der Waals surface area contributed by atoms with Gasteiger partial charge < -0.3 is 29.6 Å².